The van der Waals surface area contributed by atoms with Crippen LogP contribution in [0.4, 0.5) is 5.95 Å². The fraction of sp³-hybridized carbons (Fsp3) is 0.636. The van der Waals surface area contributed by atoms with Gasteiger partial charge in [0.2, 0.25) is 5.95 Å². The zero-order chi connectivity index (χ0) is 10.4. The van der Waals surface area contributed by atoms with E-state index >= 15 is 0 Å². The Kier molecular flexibility index (Phi) is 1.92. The summed E-state index contributed by atoms with van der Waals surface area (Å²) in [7, 11) is 0. The Morgan fingerprint density at radius 3 is 2.47 bits per heavy atom. The summed E-state index contributed by atoms with van der Waals surface area (Å²) in [5.74, 6) is 1.72. The van der Waals surface area contributed by atoms with E-state index in [1.165, 1.54) is 0 Å². The molecule has 0 saturated carbocycles. The molecular formula is C11H16N4. The van der Waals surface area contributed by atoms with Gasteiger partial charge in [0.1, 0.15) is 0 Å². The highest BCUT2D eigenvalue weighted by Gasteiger charge is 2.39. The molecule has 0 radical (unpaired) electrons. The van der Waals surface area contributed by atoms with Gasteiger partial charge < -0.3 is 10.2 Å². The Morgan fingerprint density at radius 1 is 1.27 bits per heavy atom. The molecule has 2 fully saturated rings. The number of nitrogens with one attached hydrogen (secondary N) is 1. The number of hydrogen-bond donors (Lipinski definition) is 1. The van der Waals surface area contributed by atoms with Crippen molar-refractivity contribution in [2.45, 2.75) is 19.9 Å². The lowest BCUT2D eigenvalue weighted by Gasteiger charge is -2.29. The summed E-state index contributed by atoms with van der Waals surface area (Å²) in [6, 6.07) is 2.70. The first-order valence-corrected chi connectivity index (χ1v) is 5.53. The highest BCUT2D eigenvalue weighted by atomic mass is 15.3. The molecule has 2 unspecified atom stereocenters. The molecule has 15 heavy (non-hydrogen) atoms. The lowest BCUT2D eigenvalue weighted by Crippen LogP contribution is -2.51. The van der Waals surface area contributed by atoms with Gasteiger partial charge in [-0.1, -0.05) is 0 Å². The van der Waals surface area contributed by atoms with Crippen molar-refractivity contribution >= 4 is 5.95 Å². The van der Waals surface area contributed by atoms with Crippen LogP contribution in [0.1, 0.15) is 11.4 Å². The molecule has 4 heteroatoms. The molecule has 0 aromatic carbocycles. The zero-order valence-electron chi connectivity index (χ0n) is 9.20. The lowest BCUT2D eigenvalue weighted by molar-refractivity contribution is 0.297. The minimum Gasteiger partial charge on any atom is -0.339 e. The molecule has 3 heterocycles. The van der Waals surface area contributed by atoms with Crippen molar-refractivity contribution in [1.82, 2.24) is 15.3 Å². The molecule has 1 aromatic heterocycles. The molecule has 80 valence electrons. The topological polar surface area (TPSA) is 41.1 Å². The van der Waals surface area contributed by atoms with Gasteiger partial charge in [-0.05, 0) is 19.9 Å². The van der Waals surface area contributed by atoms with E-state index in [2.05, 4.69) is 20.2 Å². The second kappa shape index (κ2) is 3.17. The molecule has 1 N–H and O–H groups in total. The molecule has 1 aromatic rings. The molecule has 2 aliphatic rings. The van der Waals surface area contributed by atoms with Crippen LogP contribution in [-0.4, -0.2) is 35.6 Å². The van der Waals surface area contributed by atoms with Crippen LogP contribution in [0.15, 0.2) is 6.07 Å². The summed E-state index contributed by atoms with van der Waals surface area (Å²) in [6.07, 6.45) is 0. The highest BCUT2D eigenvalue weighted by Crippen LogP contribution is 2.26. The normalized spacial score (nSPS) is 28.8. The third-order valence-electron chi connectivity index (χ3n) is 3.34. The minimum atomic E-state index is 0.675. The number of rotatable bonds is 1. The van der Waals surface area contributed by atoms with Crippen molar-refractivity contribution in [3.05, 3.63) is 17.5 Å². The lowest BCUT2D eigenvalue weighted by atomic mass is 9.96. The number of anilines is 1. The van der Waals surface area contributed by atoms with Gasteiger partial charge >= 0.3 is 0 Å². The molecule has 2 atom stereocenters. The maximum Gasteiger partial charge on any atom is 0.225 e. The maximum absolute atomic E-state index is 4.50. The Balaban J connectivity index is 1.86. The van der Waals surface area contributed by atoms with Gasteiger partial charge in [-0.3, -0.25) is 0 Å². The Labute approximate surface area is 89.7 Å². The van der Waals surface area contributed by atoms with Gasteiger partial charge in [0.05, 0.1) is 0 Å². The quantitative estimate of drug-likeness (QED) is 0.723. The van der Waals surface area contributed by atoms with E-state index < -0.39 is 0 Å². The standard InChI is InChI=1S/C11H16N4/c1-7-3-8(2)14-11(13-7)15-5-9-4-12-10(9)6-15/h3,9-10,12H,4-6H2,1-2H3. The van der Waals surface area contributed by atoms with E-state index in [1.807, 2.05) is 19.9 Å². The average molecular weight is 204 g/mol. The highest BCUT2D eigenvalue weighted by molar-refractivity contribution is 5.36. The molecular weight excluding hydrogens is 188 g/mol. The Hall–Kier alpha value is -1.16. The maximum atomic E-state index is 4.50. The fourth-order valence-electron chi connectivity index (χ4n) is 2.46. The molecule has 3 rings (SSSR count). The first kappa shape index (κ1) is 9.09. The first-order valence-electron chi connectivity index (χ1n) is 5.53. The molecule has 2 aliphatic heterocycles. The molecule has 4 nitrogen and oxygen atoms in total. The summed E-state index contributed by atoms with van der Waals surface area (Å²) in [6.45, 7) is 7.39. The van der Waals surface area contributed by atoms with Gasteiger partial charge in [-0.15, -0.1) is 0 Å². The summed E-state index contributed by atoms with van der Waals surface area (Å²) in [4.78, 5) is 11.3. The van der Waals surface area contributed by atoms with Crippen molar-refractivity contribution in [2.24, 2.45) is 5.92 Å². The van der Waals surface area contributed by atoms with Crippen LogP contribution < -0.4 is 10.2 Å². The number of aromatic nitrogens is 2. The first-order chi connectivity index (χ1) is 7.22. The van der Waals surface area contributed by atoms with Crippen molar-refractivity contribution in [3.63, 3.8) is 0 Å². The Morgan fingerprint density at radius 2 is 2.00 bits per heavy atom. The largest absolute Gasteiger partial charge is 0.339 e. The second-order valence-electron chi connectivity index (χ2n) is 4.63. The van der Waals surface area contributed by atoms with Crippen LogP contribution in [0.5, 0.6) is 0 Å². The molecule has 0 bridgehead atoms. The predicted molar refractivity (Wildman–Crippen MR) is 59.0 cm³/mol. The van der Waals surface area contributed by atoms with Gasteiger partial charge in [0.25, 0.3) is 0 Å². The van der Waals surface area contributed by atoms with Gasteiger partial charge in [-0.2, -0.15) is 0 Å². The van der Waals surface area contributed by atoms with E-state index in [0.717, 1.165) is 42.9 Å². The van der Waals surface area contributed by atoms with Crippen LogP contribution in [0, 0.1) is 19.8 Å². The van der Waals surface area contributed by atoms with Crippen molar-refractivity contribution in [3.8, 4) is 0 Å². The number of aryl methyl sites for hydroxylation is 2. The van der Waals surface area contributed by atoms with Gasteiger partial charge in [0, 0.05) is 43.0 Å². The molecule has 0 aliphatic carbocycles. The van der Waals surface area contributed by atoms with Crippen LogP contribution in [0.3, 0.4) is 0 Å². The van der Waals surface area contributed by atoms with Crippen molar-refractivity contribution in [2.75, 3.05) is 24.5 Å². The SMILES string of the molecule is Cc1cc(C)nc(N2CC3CNC3C2)n1. The van der Waals surface area contributed by atoms with Crippen molar-refractivity contribution in [1.29, 1.82) is 0 Å². The summed E-state index contributed by atoms with van der Waals surface area (Å²) in [5, 5.41) is 3.44. The molecule has 0 amide bonds. The van der Waals surface area contributed by atoms with E-state index in [1.54, 1.807) is 0 Å². The van der Waals surface area contributed by atoms with Crippen LogP contribution in [0.2, 0.25) is 0 Å². The molecule has 0 spiro atoms. The van der Waals surface area contributed by atoms with E-state index in [4.69, 9.17) is 0 Å². The van der Waals surface area contributed by atoms with E-state index in [-0.39, 0.29) is 0 Å². The third kappa shape index (κ3) is 1.49. The Bertz CT molecular complexity index is 358. The van der Waals surface area contributed by atoms with Crippen LogP contribution in [0.25, 0.3) is 0 Å². The zero-order valence-corrected chi connectivity index (χ0v) is 9.20. The van der Waals surface area contributed by atoms with Crippen molar-refractivity contribution < 1.29 is 0 Å². The predicted octanol–water partition coefficient (Wildman–Crippen LogP) is 0.501. The van der Waals surface area contributed by atoms with Gasteiger partial charge in [-0.25, -0.2) is 9.97 Å². The summed E-state index contributed by atoms with van der Waals surface area (Å²) in [5.41, 5.74) is 2.12. The van der Waals surface area contributed by atoms with Crippen LogP contribution >= 0.6 is 0 Å². The van der Waals surface area contributed by atoms with Gasteiger partial charge in [0.15, 0.2) is 0 Å². The molecule has 2 saturated heterocycles. The second-order valence-corrected chi connectivity index (χ2v) is 4.63. The fourth-order valence-corrected chi connectivity index (χ4v) is 2.46. The minimum absolute atomic E-state index is 0.675. The number of hydrogen-bond acceptors (Lipinski definition) is 4. The summed E-state index contributed by atoms with van der Waals surface area (Å²) >= 11 is 0. The third-order valence-corrected chi connectivity index (χ3v) is 3.34. The monoisotopic (exact) mass is 204 g/mol. The average Bonchev–Trinajstić information content (AvgIpc) is 2.41. The van der Waals surface area contributed by atoms with Crippen LogP contribution in [-0.2, 0) is 0 Å². The summed E-state index contributed by atoms with van der Waals surface area (Å²) < 4.78 is 0. The van der Waals surface area contributed by atoms with E-state index in [9.17, 15) is 0 Å². The smallest absolute Gasteiger partial charge is 0.225 e. The van der Waals surface area contributed by atoms with E-state index in [0.29, 0.717) is 6.04 Å². The number of fused-ring (bicyclic) bond motifs is 1. The number of nitrogens with zero attached hydrogens (tertiary/aromatic N) is 3.